The van der Waals surface area contributed by atoms with Crippen LogP contribution in [0.15, 0.2) is 54.7 Å². The molecule has 0 radical (unpaired) electrons. The van der Waals surface area contributed by atoms with Crippen molar-refractivity contribution in [1.82, 2.24) is 14.8 Å². The average Bonchev–Trinajstić information content (AvgIpc) is 2.67. The van der Waals surface area contributed by atoms with Gasteiger partial charge in [-0.05, 0) is 24.1 Å². The molecule has 0 aliphatic carbocycles. The van der Waals surface area contributed by atoms with E-state index in [9.17, 15) is 9.59 Å². The van der Waals surface area contributed by atoms with Gasteiger partial charge in [0.1, 0.15) is 5.69 Å². The Labute approximate surface area is 141 Å². The van der Waals surface area contributed by atoms with Gasteiger partial charge >= 0.3 is 0 Å². The van der Waals surface area contributed by atoms with Gasteiger partial charge in [-0.3, -0.25) is 14.6 Å². The number of nitrogens with zero attached hydrogens (tertiary/aromatic N) is 3. The molecule has 124 valence electrons. The topological polar surface area (TPSA) is 53.5 Å². The lowest BCUT2D eigenvalue weighted by atomic mass is 10.1. The molecule has 1 aromatic heterocycles. The lowest BCUT2D eigenvalue weighted by Gasteiger charge is -2.34. The molecule has 2 amide bonds. The van der Waals surface area contributed by atoms with Crippen LogP contribution in [0.25, 0.3) is 0 Å². The largest absolute Gasteiger partial charge is 0.339 e. The molecule has 5 nitrogen and oxygen atoms in total. The third-order valence-corrected chi connectivity index (χ3v) is 4.27. The zero-order valence-electron chi connectivity index (χ0n) is 13.6. The molecule has 1 fully saturated rings. The molecule has 24 heavy (non-hydrogen) atoms. The fourth-order valence-electron chi connectivity index (χ4n) is 2.86. The van der Waals surface area contributed by atoms with Gasteiger partial charge in [-0.15, -0.1) is 0 Å². The number of piperazine rings is 1. The van der Waals surface area contributed by atoms with Crippen molar-refractivity contribution in [3.63, 3.8) is 0 Å². The number of hydrogen-bond donors (Lipinski definition) is 0. The zero-order chi connectivity index (χ0) is 16.8. The van der Waals surface area contributed by atoms with Crippen LogP contribution < -0.4 is 0 Å². The van der Waals surface area contributed by atoms with Crippen molar-refractivity contribution in [2.75, 3.05) is 26.2 Å². The number of amides is 2. The number of aryl methyl sites for hydroxylation is 1. The molecule has 1 aliphatic rings. The molecule has 1 saturated heterocycles. The van der Waals surface area contributed by atoms with Crippen LogP contribution in [0, 0.1) is 0 Å². The van der Waals surface area contributed by atoms with Gasteiger partial charge in [0.05, 0.1) is 0 Å². The summed E-state index contributed by atoms with van der Waals surface area (Å²) < 4.78 is 0. The number of carbonyl (C=O) groups is 2. The molecule has 5 heteroatoms. The third kappa shape index (κ3) is 3.98. The molecule has 2 aromatic rings. The Kier molecular flexibility index (Phi) is 5.21. The molecule has 1 aromatic carbocycles. The highest BCUT2D eigenvalue weighted by molar-refractivity contribution is 5.92. The van der Waals surface area contributed by atoms with Crippen LogP contribution >= 0.6 is 0 Å². The van der Waals surface area contributed by atoms with E-state index in [4.69, 9.17) is 0 Å². The minimum Gasteiger partial charge on any atom is -0.339 e. The van der Waals surface area contributed by atoms with Gasteiger partial charge in [0.25, 0.3) is 5.91 Å². The minimum absolute atomic E-state index is 0.0630. The SMILES string of the molecule is O=C(CCc1ccccc1)N1CCN(C(=O)c2ccccn2)CC1. The van der Waals surface area contributed by atoms with E-state index in [1.807, 2.05) is 41.3 Å². The second-order valence-corrected chi connectivity index (χ2v) is 5.87. The Bertz CT molecular complexity index is 680. The van der Waals surface area contributed by atoms with Gasteiger partial charge in [0, 0.05) is 38.8 Å². The molecule has 0 spiro atoms. The van der Waals surface area contributed by atoms with E-state index >= 15 is 0 Å². The predicted octanol–water partition coefficient (Wildman–Crippen LogP) is 2.00. The Morgan fingerprint density at radius 1 is 0.875 bits per heavy atom. The number of benzene rings is 1. The second-order valence-electron chi connectivity index (χ2n) is 5.87. The van der Waals surface area contributed by atoms with Crippen molar-refractivity contribution in [2.24, 2.45) is 0 Å². The molecule has 3 rings (SSSR count). The normalized spacial score (nSPS) is 14.5. The van der Waals surface area contributed by atoms with Crippen LogP contribution in [0.5, 0.6) is 0 Å². The summed E-state index contributed by atoms with van der Waals surface area (Å²) in [6, 6.07) is 15.4. The van der Waals surface area contributed by atoms with Gasteiger partial charge < -0.3 is 9.80 Å². The van der Waals surface area contributed by atoms with E-state index in [2.05, 4.69) is 4.98 Å². The lowest BCUT2D eigenvalue weighted by molar-refractivity contribution is -0.132. The fourth-order valence-corrected chi connectivity index (χ4v) is 2.86. The first kappa shape index (κ1) is 16.2. The smallest absolute Gasteiger partial charge is 0.272 e. The summed E-state index contributed by atoms with van der Waals surface area (Å²) in [4.78, 5) is 32.4. The average molecular weight is 323 g/mol. The first-order valence-corrected chi connectivity index (χ1v) is 8.26. The molecular formula is C19H21N3O2. The van der Waals surface area contributed by atoms with Gasteiger partial charge in [-0.2, -0.15) is 0 Å². The molecule has 2 heterocycles. The summed E-state index contributed by atoms with van der Waals surface area (Å²) in [5, 5.41) is 0. The Morgan fingerprint density at radius 3 is 2.21 bits per heavy atom. The first-order chi connectivity index (χ1) is 11.7. The predicted molar refractivity (Wildman–Crippen MR) is 91.5 cm³/mol. The number of rotatable bonds is 4. The maximum Gasteiger partial charge on any atom is 0.272 e. The fraction of sp³-hybridized carbons (Fsp3) is 0.316. The molecule has 0 unspecified atom stereocenters. The van der Waals surface area contributed by atoms with Crippen LogP contribution in [0.4, 0.5) is 0 Å². The first-order valence-electron chi connectivity index (χ1n) is 8.26. The Morgan fingerprint density at radius 2 is 1.54 bits per heavy atom. The highest BCUT2D eigenvalue weighted by atomic mass is 16.2. The van der Waals surface area contributed by atoms with Crippen molar-refractivity contribution >= 4 is 11.8 Å². The van der Waals surface area contributed by atoms with E-state index in [0.29, 0.717) is 38.3 Å². The van der Waals surface area contributed by atoms with Crippen LogP contribution in [0.1, 0.15) is 22.5 Å². The van der Waals surface area contributed by atoms with Crippen molar-refractivity contribution in [3.8, 4) is 0 Å². The number of carbonyl (C=O) groups excluding carboxylic acids is 2. The Balaban J connectivity index is 1.48. The zero-order valence-corrected chi connectivity index (χ0v) is 13.6. The lowest BCUT2D eigenvalue weighted by Crippen LogP contribution is -2.50. The van der Waals surface area contributed by atoms with Crippen molar-refractivity contribution < 1.29 is 9.59 Å². The second kappa shape index (κ2) is 7.73. The van der Waals surface area contributed by atoms with Crippen molar-refractivity contribution in [2.45, 2.75) is 12.8 Å². The monoisotopic (exact) mass is 323 g/mol. The summed E-state index contributed by atoms with van der Waals surface area (Å²) >= 11 is 0. The maximum absolute atomic E-state index is 12.3. The molecule has 0 atom stereocenters. The third-order valence-electron chi connectivity index (χ3n) is 4.27. The van der Waals surface area contributed by atoms with E-state index in [1.165, 1.54) is 5.56 Å². The van der Waals surface area contributed by atoms with Gasteiger partial charge in [-0.1, -0.05) is 36.4 Å². The number of pyridine rings is 1. The van der Waals surface area contributed by atoms with Crippen molar-refractivity contribution in [1.29, 1.82) is 0 Å². The highest BCUT2D eigenvalue weighted by Crippen LogP contribution is 2.10. The van der Waals surface area contributed by atoms with E-state index < -0.39 is 0 Å². The summed E-state index contributed by atoms with van der Waals surface area (Å²) in [5.74, 6) is 0.0933. The summed E-state index contributed by atoms with van der Waals surface area (Å²) in [5.41, 5.74) is 1.64. The molecule has 0 bridgehead atoms. The molecule has 0 N–H and O–H groups in total. The maximum atomic E-state index is 12.3. The van der Waals surface area contributed by atoms with E-state index in [1.54, 1.807) is 23.2 Å². The van der Waals surface area contributed by atoms with Gasteiger partial charge in [0.2, 0.25) is 5.91 Å². The quantitative estimate of drug-likeness (QED) is 0.865. The van der Waals surface area contributed by atoms with Crippen molar-refractivity contribution in [3.05, 3.63) is 66.0 Å². The van der Waals surface area contributed by atoms with Gasteiger partial charge in [0.15, 0.2) is 0 Å². The Hall–Kier alpha value is -2.69. The van der Waals surface area contributed by atoms with Crippen LogP contribution in [-0.2, 0) is 11.2 Å². The minimum atomic E-state index is -0.0630. The summed E-state index contributed by atoms with van der Waals surface area (Å²) in [7, 11) is 0. The van der Waals surface area contributed by atoms with E-state index in [-0.39, 0.29) is 11.8 Å². The summed E-state index contributed by atoms with van der Waals surface area (Å²) in [6.07, 6.45) is 2.89. The van der Waals surface area contributed by atoms with Crippen LogP contribution in [0.2, 0.25) is 0 Å². The molecular weight excluding hydrogens is 302 g/mol. The standard InChI is InChI=1S/C19H21N3O2/c23-18(10-9-16-6-2-1-3-7-16)21-12-14-22(15-13-21)19(24)17-8-4-5-11-20-17/h1-8,11H,9-10,12-15H2. The summed E-state index contributed by atoms with van der Waals surface area (Å²) in [6.45, 7) is 2.30. The number of aromatic nitrogens is 1. The van der Waals surface area contributed by atoms with Gasteiger partial charge in [-0.25, -0.2) is 0 Å². The van der Waals surface area contributed by atoms with Crippen LogP contribution in [0.3, 0.4) is 0 Å². The van der Waals surface area contributed by atoms with E-state index in [0.717, 1.165) is 6.42 Å². The molecule has 1 aliphatic heterocycles. The molecule has 0 saturated carbocycles. The number of hydrogen-bond acceptors (Lipinski definition) is 3. The highest BCUT2D eigenvalue weighted by Gasteiger charge is 2.25. The van der Waals surface area contributed by atoms with Crippen LogP contribution in [-0.4, -0.2) is 52.8 Å².